The summed E-state index contributed by atoms with van der Waals surface area (Å²) in [5.74, 6) is 0.940. The van der Waals surface area contributed by atoms with Gasteiger partial charge in [-0.1, -0.05) is 28.8 Å². The Balaban J connectivity index is 1.67. The zero-order chi connectivity index (χ0) is 13.5. The highest BCUT2D eigenvalue weighted by Gasteiger charge is 2.23. The molecule has 1 aromatic rings. The zero-order valence-corrected chi connectivity index (χ0v) is 13.8. The average Bonchev–Trinajstić information content (AvgIpc) is 2.46. The van der Waals surface area contributed by atoms with Crippen molar-refractivity contribution < 1.29 is 4.74 Å². The standard InChI is InChI=1S/C15H22BrNOS/c1-19-15-5-3-2-4-14(15)17-10-11-18-13-8-6-12(16)7-9-13/h6-9,14-15,17H,2-5,10-11H2,1H3. The summed E-state index contributed by atoms with van der Waals surface area (Å²) >= 11 is 5.42. The van der Waals surface area contributed by atoms with E-state index >= 15 is 0 Å². The summed E-state index contributed by atoms with van der Waals surface area (Å²) in [4.78, 5) is 0. The van der Waals surface area contributed by atoms with Crippen LogP contribution in [0.2, 0.25) is 0 Å². The molecule has 1 aromatic carbocycles. The van der Waals surface area contributed by atoms with E-state index in [2.05, 4.69) is 27.5 Å². The molecule has 0 aliphatic heterocycles. The maximum absolute atomic E-state index is 5.73. The molecular weight excluding hydrogens is 322 g/mol. The van der Waals surface area contributed by atoms with Crippen LogP contribution in [0.3, 0.4) is 0 Å². The molecule has 2 unspecified atom stereocenters. The number of thioether (sulfide) groups is 1. The van der Waals surface area contributed by atoms with Crippen LogP contribution in [0.25, 0.3) is 0 Å². The van der Waals surface area contributed by atoms with Crippen LogP contribution in [-0.2, 0) is 0 Å². The van der Waals surface area contributed by atoms with Gasteiger partial charge in [-0.3, -0.25) is 0 Å². The maximum Gasteiger partial charge on any atom is 0.119 e. The van der Waals surface area contributed by atoms with Crippen LogP contribution < -0.4 is 10.1 Å². The summed E-state index contributed by atoms with van der Waals surface area (Å²) in [5, 5.41) is 4.43. The van der Waals surface area contributed by atoms with Crippen molar-refractivity contribution in [2.75, 3.05) is 19.4 Å². The minimum Gasteiger partial charge on any atom is -0.492 e. The van der Waals surface area contributed by atoms with Gasteiger partial charge in [0, 0.05) is 22.3 Å². The first-order chi connectivity index (χ1) is 9.29. The quantitative estimate of drug-likeness (QED) is 0.786. The molecule has 0 amide bonds. The van der Waals surface area contributed by atoms with Crippen molar-refractivity contribution in [1.29, 1.82) is 0 Å². The molecular formula is C15H22BrNOS. The normalized spacial score (nSPS) is 23.3. The molecule has 2 rings (SSSR count). The molecule has 1 saturated carbocycles. The third-order valence-electron chi connectivity index (χ3n) is 3.60. The SMILES string of the molecule is CSC1CCCCC1NCCOc1ccc(Br)cc1. The van der Waals surface area contributed by atoms with E-state index in [4.69, 9.17) is 4.74 Å². The third-order valence-corrected chi connectivity index (χ3v) is 5.29. The van der Waals surface area contributed by atoms with Crippen molar-refractivity contribution >= 4 is 27.7 Å². The van der Waals surface area contributed by atoms with Crippen molar-refractivity contribution in [1.82, 2.24) is 5.32 Å². The lowest BCUT2D eigenvalue weighted by molar-refractivity contribution is 0.292. The molecule has 1 fully saturated rings. The fraction of sp³-hybridized carbons (Fsp3) is 0.600. The Morgan fingerprint density at radius 2 is 2.00 bits per heavy atom. The van der Waals surface area contributed by atoms with E-state index in [-0.39, 0.29) is 0 Å². The van der Waals surface area contributed by atoms with Gasteiger partial charge in [-0.15, -0.1) is 0 Å². The maximum atomic E-state index is 5.73. The lowest BCUT2D eigenvalue weighted by Crippen LogP contribution is -2.42. The predicted molar refractivity (Wildman–Crippen MR) is 87.2 cm³/mol. The minimum atomic E-state index is 0.664. The lowest BCUT2D eigenvalue weighted by Gasteiger charge is -2.31. The van der Waals surface area contributed by atoms with Crippen LogP contribution in [0.4, 0.5) is 0 Å². The summed E-state index contributed by atoms with van der Waals surface area (Å²) < 4.78 is 6.82. The van der Waals surface area contributed by atoms with Gasteiger partial charge in [0.1, 0.15) is 12.4 Å². The second kappa shape index (κ2) is 8.18. The van der Waals surface area contributed by atoms with Crippen LogP contribution in [0, 0.1) is 0 Å². The smallest absolute Gasteiger partial charge is 0.119 e. The second-order valence-electron chi connectivity index (χ2n) is 4.92. The van der Waals surface area contributed by atoms with E-state index in [9.17, 15) is 0 Å². The number of hydrogen-bond acceptors (Lipinski definition) is 3. The van der Waals surface area contributed by atoms with Gasteiger partial charge in [0.2, 0.25) is 0 Å². The molecule has 0 bridgehead atoms. The van der Waals surface area contributed by atoms with Crippen molar-refractivity contribution in [3.05, 3.63) is 28.7 Å². The molecule has 2 atom stereocenters. The Labute approximate surface area is 128 Å². The number of benzene rings is 1. The van der Waals surface area contributed by atoms with Gasteiger partial charge >= 0.3 is 0 Å². The average molecular weight is 344 g/mol. The first-order valence-corrected chi connectivity index (χ1v) is 9.02. The van der Waals surface area contributed by atoms with Crippen LogP contribution in [0.15, 0.2) is 28.7 Å². The lowest BCUT2D eigenvalue weighted by atomic mass is 9.95. The summed E-state index contributed by atoms with van der Waals surface area (Å²) in [6.07, 6.45) is 7.64. The molecule has 0 heterocycles. The van der Waals surface area contributed by atoms with Crippen LogP contribution in [-0.4, -0.2) is 30.7 Å². The molecule has 2 nitrogen and oxygen atoms in total. The molecule has 0 radical (unpaired) electrons. The predicted octanol–water partition coefficient (Wildman–Crippen LogP) is 4.09. The molecule has 0 spiro atoms. The van der Waals surface area contributed by atoms with Crippen LogP contribution >= 0.6 is 27.7 Å². The molecule has 1 N–H and O–H groups in total. The number of halogens is 1. The van der Waals surface area contributed by atoms with E-state index < -0.39 is 0 Å². The largest absolute Gasteiger partial charge is 0.492 e. The molecule has 1 aliphatic carbocycles. The minimum absolute atomic E-state index is 0.664. The fourth-order valence-electron chi connectivity index (χ4n) is 2.56. The van der Waals surface area contributed by atoms with Gasteiger partial charge in [0.15, 0.2) is 0 Å². The van der Waals surface area contributed by atoms with E-state index in [1.54, 1.807) is 0 Å². The summed E-state index contributed by atoms with van der Waals surface area (Å²) in [5.41, 5.74) is 0. The highest BCUT2D eigenvalue weighted by Crippen LogP contribution is 2.26. The van der Waals surface area contributed by atoms with Crippen molar-refractivity contribution in [2.24, 2.45) is 0 Å². The second-order valence-corrected chi connectivity index (χ2v) is 6.91. The van der Waals surface area contributed by atoms with Gasteiger partial charge in [-0.05, 0) is 43.4 Å². The number of hydrogen-bond donors (Lipinski definition) is 1. The molecule has 0 saturated heterocycles. The fourth-order valence-corrected chi connectivity index (χ4v) is 3.78. The molecule has 4 heteroatoms. The van der Waals surface area contributed by atoms with Crippen molar-refractivity contribution in [3.8, 4) is 5.75 Å². The van der Waals surface area contributed by atoms with E-state index in [0.29, 0.717) is 6.04 Å². The Bertz CT molecular complexity index is 371. The van der Waals surface area contributed by atoms with Gasteiger partial charge in [0.25, 0.3) is 0 Å². The topological polar surface area (TPSA) is 21.3 Å². The Kier molecular flexibility index (Phi) is 6.54. The summed E-state index contributed by atoms with van der Waals surface area (Å²) in [6, 6.07) is 8.67. The summed E-state index contributed by atoms with van der Waals surface area (Å²) in [7, 11) is 0. The van der Waals surface area contributed by atoms with Gasteiger partial charge in [-0.2, -0.15) is 11.8 Å². The molecule has 1 aliphatic rings. The Morgan fingerprint density at radius 1 is 1.26 bits per heavy atom. The van der Waals surface area contributed by atoms with Crippen LogP contribution in [0.1, 0.15) is 25.7 Å². The first kappa shape index (κ1) is 15.2. The van der Waals surface area contributed by atoms with E-state index in [1.807, 2.05) is 36.0 Å². The van der Waals surface area contributed by atoms with E-state index in [1.165, 1.54) is 25.7 Å². The third kappa shape index (κ3) is 5.01. The van der Waals surface area contributed by atoms with Crippen LogP contribution in [0.5, 0.6) is 5.75 Å². The molecule has 19 heavy (non-hydrogen) atoms. The zero-order valence-electron chi connectivity index (χ0n) is 11.4. The summed E-state index contributed by atoms with van der Waals surface area (Å²) in [6.45, 7) is 1.66. The highest BCUT2D eigenvalue weighted by atomic mass is 79.9. The van der Waals surface area contributed by atoms with Crippen molar-refractivity contribution in [3.63, 3.8) is 0 Å². The first-order valence-electron chi connectivity index (χ1n) is 6.94. The molecule has 106 valence electrons. The number of nitrogens with one attached hydrogen (secondary N) is 1. The number of ether oxygens (including phenoxy) is 1. The Hall–Kier alpha value is -0.190. The number of rotatable bonds is 6. The van der Waals surface area contributed by atoms with Crippen molar-refractivity contribution in [2.45, 2.75) is 37.0 Å². The Morgan fingerprint density at radius 3 is 2.74 bits per heavy atom. The van der Waals surface area contributed by atoms with Gasteiger partial charge < -0.3 is 10.1 Å². The van der Waals surface area contributed by atoms with E-state index in [0.717, 1.165) is 28.6 Å². The highest BCUT2D eigenvalue weighted by molar-refractivity contribution is 9.10. The van der Waals surface area contributed by atoms with Gasteiger partial charge in [-0.25, -0.2) is 0 Å². The van der Waals surface area contributed by atoms with Gasteiger partial charge in [0.05, 0.1) is 0 Å². The monoisotopic (exact) mass is 343 g/mol. The molecule has 0 aromatic heterocycles.